The Bertz CT molecular complexity index is 889. The second kappa shape index (κ2) is 7.76. The van der Waals surface area contributed by atoms with E-state index in [0.29, 0.717) is 10.6 Å². The molecule has 3 aromatic rings. The molecular weight excluding hydrogens is 339 g/mol. The Morgan fingerprint density at radius 3 is 2.72 bits per heavy atom. The normalized spacial score (nSPS) is 10.4. The molecule has 126 valence electrons. The van der Waals surface area contributed by atoms with E-state index in [-0.39, 0.29) is 23.9 Å². The van der Waals surface area contributed by atoms with Crippen molar-refractivity contribution in [3.05, 3.63) is 77.9 Å². The molecule has 25 heavy (non-hydrogen) atoms. The Balaban J connectivity index is 1.72. The summed E-state index contributed by atoms with van der Waals surface area (Å²) in [7, 11) is 0. The highest BCUT2D eigenvalue weighted by atomic mass is 32.2. The monoisotopic (exact) mass is 354 g/mol. The number of hydrogen-bond donors (Lipinski definition) is 2. The zero-order valence-corrected chi connectivity index (χ0v) is 14.0. The van der Waals surface area contributed by atoms with Gasteiger partial charge in [-0.25, -0.2) is 14.4 Å². The van der Waals surface area contributed by atoms with Crippen molar-refractivity contribution < 1.29 is 9.18 Å². The van der Waals surface area contributed by atoms with Crippen LogP contribution in [0.25, 0.3) is 0 Å². The third-order valence-electron chi connectivity index (χ3n) is 3.30. The van der Waals surface area contributed by atoms with Crippen molar-refractivity contribution in [3.8, 4) is 0 Å². The van der Waals surface area contributed by atoms with Crippen LogP contribution in [0.4, 0.5) is 10.2 Å². The van der Waals surface area contributed by atoms with Gasteiger partial charge in [-0.3, -0.25) is 4.79 Å². The van der Waals surface area contributed by atoms with E-state index < -0.39 is 5.91 Å². The molecule has 5 nitrogen and oxygen atoms in total. The molecule has 1 aromatic heterocycles. The molecule has 1 heterocycles. The first-order chi connectivity index (χ1) is 12.1. The summed E-state index contributed by atoms with van der Waals surface area (Å²) in [5.74, 6) is -0.758. The van der Waals surface area contributed by atoms with Crippen molar-refractivity contribution in [2.75, 3.05) is 5.73 Å². The van der Waals surface area contributed by atoms with E-state index in [1.165, 1.54) is 30.1 Å². The van der Waals surface area contributed by atoms with E-state index in [9.17, 15) is 9.18 Å². The Morgan fingerprint density at radius 1 is 1.16 bits per heavy atom. The number of carbonyl (C=O) groups is 1. The summed E-state index contributed by atoms with van der Waals surface area (Å²) in [6.07, 6.45) is 1.52. The molecule has 0 saturated carbocycles. The molecule has 0 unspecified atom stereocenters. The van der Waals surface area contributed by atoms with E-state index >= 15 is 0 Å². The lowest BCUT2D eigenvalue weighted by Crippen LogP contribution is -2.25. The number of nitrogens with zero attached hydrogens (tertiary/aromatic N) is 2. The van der Waals surface area contributed by atoms with Crippen molar-refractivity contribution in [2.24, 2.45) is 0 Å². The maximum absolute atomic E-state index is 13.2. The fourth-order valence-electron chi connectivity index (χ4n) is 2.12. The number of carbonyl (C=O) groups excluding carboxylic acids is 1. The minimum Gasteiger partial charge on any atom is -0.382 e. The lowest BCUT2D eigenvalue weighted by molar-refractivity contribution is 0.0946. The minimum absolute atomic E-state index is 0.0501. The highest BCUT2D eigenvalue weighted by Gasteiger charge is 2.14. The van der Waals surface area contributed by atoms with E-state index in [1.54, 1.807) is 12.1 Å². The summed E-state index contributed by atoms with van der Waals surface area (Å²) >= 11 is 1.39. The smallest absolute Gasteiger partial charge is 0.274 e. The van der Waals surface area contributed by atoms with E-state index in [4.69, 9.17) is 5.73 Å². The number of halogens is 1. The molecule has 0 fully saturated rings. The second-order valence-corrected chi connectivity index (χ2v) is 6.26. The molecule has 0 atom stereocenters. The highest BCUT2D eigenvalue weighted by molar-refractivity contribution is 7.99. The molecule has 0 saturated heterocycles. The first-order valence-electron chi connectivity index (χ1n) is 7.50. The number of nitrogens with two attached hydrogens (primary N) is 1. The Hall–Kier alpha value is -2.93. The van der Waals surface area contributed by atoms with Crippen molar-refractivity contribution >= 4 is 23.5 Å². The van der Waals surface area contributed by atoms with Crippen LogP contribution in [-0.2, 0) is 6.54 Å². The zero-order valence-electron chi connectivity index (χ0n) is 13.1. The fraction of sp³-hybridized carbons (Fsp3) is 0.0556. The predicted octanol–water partition coefficient (Wildman–Crippen LogP) is 3.28. The first-order valence-corrected chi connectivity index (χ1v) is 8.31. The topological polar surface area (TPSA) is 80.9 Å². The molecule has 0 aliphatic heterocycles. The van der Waals surface area contributed by atoms with Crippen LogP contribution in [0.15, 0.2) is 70.7 Å². The molecule has 0 aliphatic rings. The van der Waals surface area contributed by atoms with Crippen LogP contribution in [0, 0.1) is 5.82 Å². The van der Waals surface area contributed by atoms with E-state index in [1.807, 2.05) is 30.3 Å². The van der Waals surface area contributed by atoms with Gasteiger partial charge in [-0.1, -0.05) is 42.1 Å². The van der Waals surface area contributed by atoms with Crippen molar-refractivity contribution in [1.29, 1.82) is 0 Å². The maximum Gasteiger partial charge on any atom is 0.274 e. The minimum atomic E-state index is -0.454. The SMILES string of the molecule is Nc1ncc(Sc2ccccc2)nc1C(=O)NCc1cccc(F)c1. The van der Waals surface area contributed by atoms with Crippen LogP contribution >= 0.6 is 11.8 Å². The number of nitrogens with one attached hydrogen (secondary N) is 1. The molecule has 0 bridgehead atoms. The summed E-state index contributed by atoms with van der Waals surface area (Å²) in [6.45, 7) is 0.174. The Labute approximate surface area is 148 Å². The molecule has 3 N–H and O–H groups in total. The van der Waals surface area contributed by atoms with Crippen molar-refractivity contribution in [1.82, 2.24) is 15.3 Å². The molecule has 1 amide bonds. The third-order valence-corrected chi connectivity index (χ3v) is 4.22. The summed E-state index contributed by atoms with van der Waals surface area (Å²) in [5.41, 5.74) is 6.47. The van der Waals surface area contributed by atoms with Gasteiger partial charge >= 0.3 is 0 Å². The number of benzene rings is 2. The van der Waals surface area contributed by atoms with Crippen LogP contribution in [0.2, 0.25) is 0 Å². The molecule has 0 spiro atoms. The lowest BCUT2D eigenvalue weighted by atomic mass is 10.2. The van der Waals surface area contributed by atoms with Crippen molar-refractivity contribution in [2.45, 2.75) is 16.5 Å². The Kier molecular flexibility index (Phi) is 5.25. The van der Waals surface area contributed by atoms with Gasteiger partial charge in [0, 0.05) is 11.4 Å². The van der Waals surface area contributed by atoms with Crippen LogP contribution in [0.1, 0.15) is 16.1 Å². The predicted molar refractivity (Wildman–Crippen MR) is 94.6 cm³/mol. The quantitative estimate of drug-likeness (QED) is 0.735. The molecular formula is C18H15FN4OS. The van der Waals surface area contributed by atoms with Crippen LogP contribution in [0.3, 0.4) is 0 Å². The molecule has 2 aromatic carbocycles. The van der Waals surface area contributed by atoms with Gasteiger partial charge in [0.15, 0.2) is 11.5 Å². The van der Waals surface area contributed by atoms with Gasteiger partial charge in [-0.2, -0.15) is 0 Å². The number of aromatic nitrogens is 2. The van der Waals surface area contributed by atoms with Crippen molar-refractivity contribution in [3.63, 3.8) is 0 Å². The number of nitrogen functional groups attached to an aromatic ring is 1. The number of amides is 1. The second-order valence-electron chi connectivity index (χ2n) is 5.17. The molecule has 0 radical (unpaired) electrons. The molecule has 3 rings (SSSR count). The van der Waals surface area contributed by atoms with Crippen LogP contribution < -0.4 is 11.1 Å². The van der Waals surface area contributed by atoms with E-state index in [2.05, 4.69) is 15.3 Å². The van der Waals surface area contributed by atoms with Gasteiger partial charge in [0.05, 0.1) is 6.20 Å². The number of rotatable bonds is 5. The molecule has 7 heteroatoms. The number of hydrogen-bond acceptors (Lipinski definition) is 5. The van der Waals surface area contributed by atoms with E-state index in [0.717, 1.165) is 4.90 Å². The summed E-state index contributed by atoms with van der Waals surface area (Å²) in [6, 6.07) is 15.6. The summed E-state index contributed by atoms with van der Waals surface area (Å²) in [5, 5.41) is 3.24. The van der Waals surface area contributed by atoms with Crippen LogP contribution in [0.5, 0.6) is 0 Å². The summed E-state index contributed by atoms with van der Waals surface area (Å²) in [4.78, 5) is 21.6. The fourth-order valence-corrected chi connectivity index (χ4v) is 2.90. The number of anilines is 1. The highest BCUT2D eigenvalue weighted by Crippen LogP contribution is 2.26. The van der Waals surface area contributed by atoms with Crippen LogP contribution in [-0.4, -0.2) is 15.9 Å². The maximum atomic E-state index is 13.2. The summed E-state index contributed by atoms with van der Waals surface area (Å²) < 4.78 is 13.2. The van der Waals surface area contributed by atoms with Gasteiger partial charge in [0.1, 0.15) is 10.8 Å². The van der Waals surface area contributed by atoms with Gasteiger partial charge < -0.3 is 11.1 Å². The average molecular weight is 354 g/mol. The average Bonchev–Trinajstić information content (AvgIpc) is 2.62. The molecule has 0 aliphatic carbocycles. The van der Waals surface area contributed by atoms with Gasteiger partial charge in [0.25, 0.3) is 5.91 Å². The Morgan fingerprint density at radius 2 is 1.96 bits per heavy atom. The largest absolute Gasteiger partial charge is 0.382 e. The van der Waals surface area contributed by atoms with Gasteiger partial charge in [-0.15, -0.1) is 0 Å². The third kappa shape index (κ3) is 4.54. The standard InChI is InChI=1S/C18H15FN4OS/c19-13-6-4-5-12(9-13)10-22-18(24)16-17(20)21-11-15(23-16)25-14-7-2-1-3-8-14/h1-9,11H,10H2,(H2,20,21)(H,22,24). The zero-order chi connectivity index (χ0) is 17.6. The van der Waals surface area contributed by atoms with Gasteiger partial charge in [-0.05, 0) is 29.8 Å². The van der Waals surface area contributed by atoms with Gasteiger partial charge in [0.2, 0.25) is 0 Å². The first kappa shape index (κ1) is 16.9. The lowest BCUT2D eigenvalue weighted by Gasteiger charge is -2.08.